The summed E-state index contributed by atoms with van der Waals surface area (Å²) in [4.78, 5) is 5.14. The van der Waals surface area contributed by atoms with Gasteiger partial charge in [-0.2, -0.15) is 5.48 Å². The maximum absolute atomic E-state index is 5.14. The van der Waals surface area contributed by atoms with E-state index in [1.807, 2.05) is 0 Å². The van der Waals surface area contributed by atoms with Crippen LogP contribution in [0.4, 0.5) is 0 Å². The lowest BCUT2D eigenvalue weighted by molar-refractivity contribution is -0.0131. The van der Waals surface area contributed by atoms with Gasteiger partial charge in [0.15, 0.2) is 0 Å². The number of rotatable bonds is 7. The molecule has 0 heterocycles. The number of ether oxygens (including phenoxy) is 1. The molecule has 3 nitrogen and oxygen atoms in total. The molecule has 0 unspecified atom stereocenters. The quantitative estimate of drug-likeness (QED) is 0.451. The van der Waals surface area contributed by atoms with Crippen LogP contribution in [0.1, 0.15) is 26.7 Å². The van der Waals surface area contributed by atoms with E-state index in [9.17, 15) is 0 Å². The third-order valence-electron chi connectivity index (χ3n) is 1.63. The highest BCUT2D eigenvalue weighted by Gasteiger charge is 2.00. The van der Waals surface area contributed by atoms with Crippen LogP contribution in [0.3, 0.4) is 0 Å². The van der Waals surface area contributed by atoms with Gasteiger partial charge in [0.2, 0.25) is 0 Å². The molecule has 0 aliphatic rings. The van der Waals surface area contributed by atoms with Crippen molar-refractivity contribution in [3.63, 3.8) is 0 Å². The minimum atomic E-state index is 0.479. The molecule has 0 saturated carbocycles. The zero-order valence-electron chi connectivity index (χ0n) is 7.72. The fourth-order valence-electron chi connectivity index (χ4n) is 0.757. The largest absolute Gasteiger partial charge is 0.382 e. The highest BCUT2D eigenvalue weighted by molar-refractivity contribution is 4.54. The van der Waals surface area contributed by atoms with Gasteiger partial charge >= 0.3 is 0 Å². The second kappa shape index (κ2) is 7.98. The summed E-state index contributed by atoms with van der Waals surface area (Å²) in [5.41, 5.74) is 2.97. The molecule has 3 heteroatoms. The fourth-order valence-corrected chi connectivity index (χ4v) is 0.757. The summed E-state index contributed by atoms with van der Waals surface area (Å²) < 4.78 is 4.83. The summed E-state index contributed by atoms with van der Waals surface area (Å²) >= 11 is 0. The normalized spacial score (nSPS) is 10.9. The van der Waals surface area contributed by atoms with Gasteiger partial charge in [-0.1, -0.05) is 13.8 Å². The molecule has 0 aliphatic heterocycles. The Labute approximate surface area is 69.0 Å². The first kappa shape index (κ1) is 10.9. The zero-order valence-corrected chi connectivity index (χ0v) is 7.72. The van der Waals surface area contributed by atoms with Crippen LogP contribution >= 0.6 is 0 Å². The predicted octanol–water partition coefficient (Wildman–Crippen LogP) is 1.34. The van der Waals surface area contributed by atoms with Gasteiger partial charge in [-0.05, 0) is 12.8 Å². The molecule has 0 fully saturated rings. The lowest BCUT2D eigenvalue weighted by atomic mass is 10.2. The molecular weight excluding hydrogens is 142 g/mol. The Morgan fingerprint density at radius 3 is 2.27 bits per heavy atom. The van der Waals surface area contributed by atoms with Gasteiger partial charge in [-0.3, -0.25) is 4.84 Å². The second-order valence-electron chi connectivity index (χ2n) is 2.47. The standard InChI is InChI=1S/C8H19NO2/c1-4-8(5-2)9-11-7-6-10-3/h8-9H,4-7H2,1-3H3. The molecular formula is C8H19NO2. The summed E-state index contributed by atoms with van der Waals surface area (Å²) in [6.45, 7) is 5.54. The predicted molar refractivity (Wildman–Crippen MR) is 45.3 cm³/mol. The van der Waals surface area contributed by atoms with Crippen molar-refractivity contribution in [3.8, 4) is 0 Å². The Balaban J connectivity index is 3.07. The Kier molecular flexibility index (Phi) is 7.89. The van der Waals surface area contributed by atoms with Crippen LogP contribution in [0.15, 0.2) is 0 Å². The van der Waals surface area contributed by atoms with Crippen molar-refractivity contribution in [2.24, 2.45) is 0 Å². The van der Waals surface area contributed by atoms with Crippen molar-refractivity contribution in [1.82, 2.24) is 5.48 Å². The average Bonchev–Trinajstić information content (AvgIpc) is 2.05. The van der Waals surface area contributed by atoms with Gasteiger partial charge in [-0.25, -0.2) is 0 Å². The first-order valence-corrected chi connectivity index (χ1v) is 4.21. The Morgan fingerprint density at radius 2 is 1.82 bits per heavy atom. The van der Waals surface area contributed by atoms with Crippen LogP contribution in [0.25, 0.3) is 0 Å². The van der Waals surface area contributed by atoms with Gasteiger partial charge in [0.25, 0.3) is 0 Å². The molecule has 0 rings (SSSR count). The Morgan fingerprint density at radius 1 is 1.18 bits per heavy atom. The van der Waals surface area contributed by atoms with E-state index in [1.54, 1.807) is 7.11 Å². The van der Waals surface area contributed by atoms with Crippen LogP contribution in [0.2, 0.25) is 0 Å². The van der Waals surface area contributed by atoms with Crippen molar-refractivity contribution in [1.29, 1.82) is 0 Å². The van der Waals surface area contributed by atoms with Gasteiger partial charge in [0.05, 0.1) is 13.2 Å². The van der Waals surface area contributed by atoms with Crippen molar-refractivity contribution in [2.45, 2.75) is 32.7 Å². The maximum Gasteiger partial charge on any atom is 0.0915 e. The van der Waals surface area contributed by atoms with E-state index in [4.69, 9.17) is 9.57 Å². The molecule has 1 N–H and O–H groups in total. The van der Waals surface area contributed by atoms with Crippen LogP contribution < -0.4 is 5.48 Å². The molecule has 0 spiro atoms. The first-order valence-electron chi connectivity index (χ1n) is 4.21. The van der Waals surface area contributed by atoms with E-state index in [1.165, 1.54) is 0 Å². The molecule has 0 aliphatic carbocycles. The number of hydrogen-bond donors (Lipinski definition) is 1. The highest BCUT2D eigenvalue weighted by Crippen LogP contribution is 1.94. The molecule has 0 saturated heterocycles. The molecule has 0 aromatic heterocycles. The average molecular weight is 161 g/mol. The minimum absolute atomic E-state index is 0.479. The summed E-state index contributed by atoms with van der Waals surface area (Å²) in [6.07, 6.45) is 2.20. The van der Waals surface area contributed by atoms with Crippen molar-refractivity contribution in [2.75, 3.05) is 20.3 Å². The number of methoxy groups -OCH3 is 1. The summed E-state index contributed by atoms with van der Waals surface area (Å²) in [7, 11) is 1.67. The van der Waals surface area contributed by atoms with Crippen LogP contribution in [-0.2, 0) is 9.57 Å². The van der Waals surface area contributed by atoms with Crippen LogP contribution in [-0.4, -0.2) is 26.4 Å². The van der Waals surface area contributed by atoms with E-state index in [0.717, 1.165) is 12.8 Å². The Bertz CT molecular complexity index is 74.5. The first-order chi connectivity index (χ1) is 5.35. The van der Waals surface area contributed by atoms with Gasteiger partial charge in [0, 0.05) is 13.2 Å². The smallest absolute Gasteiger partial charge is 0.0915 e. The third-order valence-corrected chi connectivity index (χ3v) is 1.63. The fraction of sp³-hybridized carbons (Fsp3) is 1.00. The topological polar surface area (TPSA) is 30.5 Å². The molecule has 0 amide bonds. The lowest BCUT2D eigenvalue weighted by Gasteiger charge is -2.13. The molecule has 68 valence electrons. The molecule has 11 heavy (non-hydrogen) atoms. The minimum Gasteiger partial charge on any atom is -0.382 e. The summed E-state index contributed by atoms with van der Waals surface area (Å²) in [6, 6.07) is 0.479. The van der Waals surface area contributed by atoms with Gasteiger partial charge in [-0.15, -0.1) is 0 Å². The summed E-state index contributed by atoms with van der Waals surface area (Å²) in [5, 5.41) is 0. The van der Waals surface area contributed by atoms with Gasteiger partial charge in [0.1, 0.15) is 0 Å². The van der Waals surface area contributed by atoms with E-state index >= 15 is 0 Å². The van der Waals surface area contributed by atoms with E-state index in [-0.39, 0.29) is 0 Å². The van der Waals surface area contributed by atoms with E-state index in [0.29, 0.717) is 19.3 Å². The van der Waals surface area contributed by atoms with E-state index < -0.39 is 0 Å². The second-order valence-corrected chi connectivity index (χ2v) is 2.47. The monoisotopic (exact) mass is 161 g/mol. The molecule has 0 aromatic rings. The number of hydrogen-bond acceptors (Lipinski definition) is 3. The van der Waals surface area contributed by atoms with Crippen molar-refractivity contribution < 1.29 is 9.57 Å². The Hall–Kier alpha value is -0.120. The summed E-state index contributed by atoms with van der Waals surface area (Å²) in [5.74, 6) is 0. The highest BCUT2D eigenvalue weighted by atomic mass is 16.7. The number of hydroxylamine groups is 1. The maximum atomic E-state index is 5.14. The van der Waals surface area contributed by atoms with Crippen molar-refractivity contribution >= 4 is 0 Å². The number of nitrogens with one attached hydrogen (secondary N) is 1. The molecule has 0 bridgehead atoms. The third kappa shape index (κ3) is 6.28. The van der Waals surface area contributed by atoms with Crippen LogP contribution in [0.5, 0.6) is 0 Å². The molecule has 0 radical (unpaired) electrons. The lowest BCUT2D eigenvalue weighted by Crippen LogP contribution is -2.29. The van der Waals surface area contributed by atoms with Crippen molar-refractivity contribution in [3.05, 3.63) is 0 Å². The zero-order chi connectivity index (χ0) is 8.53. The molecule has 0 aromatic carbocycles. The molecule has 0 atom stereocenters. The van der Waals surface area contributed by atoms with Gasteiger partial charge < -0.3 is 4.74 Å². The van der Waals surface area contributed by atoms with E-state index in [2.05, 4.69) is 19.3 Å². The SMILES string of the molecule is CCC(CC)NOCCOC. The van der Waals surface area contributed by atoms with Crippen LogP contribution in [0, 0.1) is 0 Å².